The molecule has 0 radical (unpaired) electrons. The molecule has 5 nitrogen and oxygen atoms in total. The number of hydrogen-bond donors (Lipinski definition) is 3. The van der Waals surface area contributed by atoms with Crippen LogP contribution >= 0.6 is 11.6 Å². The van der Waals surface area contributed by atoms with Crippen LogP contribution in [0.4, 0.5) is 4.39 Å². The molecule has 162 valence electrons. The van der Waals surface area contributed by atoms with E-state index in [2.05, 4.69) is 0 Å². The van der Waals surface area contributed by atoms with E-state index in [0.717, 1.165) is 22.3 Å². The van der Waals surface area contributed by atoms with Crippen LogP contribution in [0.3, 0.4) is 0 Å². The number of alkyl halides is 1. The van der Waals surface area contributed by atoms with Gasteiger partial charge in [-0.25, -0.2) is 4.39 Å². The van der Waals surface area contributed by atoms with Gasteiger partial charge in [0.25, 0.3) is 0 Å². The summed E-state index contributed by atoms with van der Waals surface area (Å²) in [5.74, 6) is 0.628. The van der Waals surface area contributed by atoms with Gasteiger partial charge in [-0.1, -0.05) is 41.9 Å². The maximum atomic E-state index is 13.5. The van der Waals surface area contributed by atoms with Crippen LogP contribution in [0.15, 0.2) is 30.3 Å². The molecule has 4 unspecified atom stereocenters. The van der Waals surface area contributed by atoms with Gasteiger partial charge in [-0.2, -0.15) is 0 Å². The fourth-order valence-electron chi connectivity index (χ4n) is 4.25. The Morgan fingerprint density at radius 3 is 2.63 bits per heavy atom. The molecule has 4 rings (SSSR count). The second-order valence-electron chi connectivity index (χ2n) is 8.02. The lowest BCUT2D eigenvalue weighted by molar-refractivity contribution is -0.181. The van der Waals surface area contributed by atoms with Gasteiger partial charge in [0.1, 0.15) is 24.1 Å². The summed E-state index contributed by atoms with van der Waals surface area (Å²) in [4.78, 5) is 0. The van der Waals surface area contributed by atoms with Crippen LogP contribution in [0.5, 0.6) is 5.75 Å². The Morgan fingerprint density at radius 1 is 1.23 bits per heavy atom. The zero-order chi connectivity index (χ0) is 21.4. The van der Waals surface area contributed by atoms with E-state index in [-0.39, 0.29) is 13.0 Å². The van der Waals surface area contributed by atoms with Crippen molar-refractivity contribution in [2.45, 2.75) is 56.8 Å². The Balaban J connectivity index is 1.68. The highest BCUT2D eigenvalue weighted by Gasteiger charge is 2.39. The molecule has 0 bridgehead atoms. The molecular formula is C23H26ClFO5. The van der Waals surface area contributed by atoms with Crippen molar-refractivity contribution >= 4 is 11.6 Å². The van der Waals surface area contributed by atoms with Crippen molar-refractivity contribution in [1.29, 1.82) is 0 Å². The predicted octanol–water partition coefficient (Wildman–Crippen LogP) is 3.44. The van der Waals surface area contributed by atoms with Gasteiger partial charge in [0, 0.05) is 18.4 Å². The fourth-order valence-corrected chi connectivity index (χ4v) is 4.54. The van der Waals surface area contributed by atoms with Crippen molar-refractivity contribution in [3.8, 4) is 5.75 Å². The van der Waals surface area contributed by atoms with Gasteiger partial charge in [0.2, 0.25) is 0 Å². The number of halogens is 2. The van der Waals surface area contributed by atoms with Gasteiger partial charge < -0.3 is 24.8 Å². The monoisotopic (exact) mass is 436 g/mol. The number of benzene rings is 2. The number of ether oxygens (including phenoxy) is 2. The van der Waals surface area contributed by atoms with E-state index in [9.17, 15) is 19.7 Å². The van der Waals surface area contributed by atoms with Gasteiger partial charge >= 0.3 is 0 Å². The van der Waals surface area contributed by atoms with Crippen molar-refractivity contribution < 1.29 is 29.2 Å². The third-order valence-electron chi connectivity index (χ3n) is 5.96. The van der Waals surface area contributed by atoms with E-state index >= 15 is 0 Å². The molecule has 0 amide bonds. The van der Waals surface area contributed by atoms with Gasteiger partial charge in [-0.15, -0.1) is 0 Å². The van der Waals surface area contributed by atoms with Gasteiger partial charge in [-0.05, 0) is 35.6 Å². The van der Waals surface area contributed by atoms with E-state index in [1.807, 2.05) is 18.2 Å². The first-order valence-electron chi connectivity index (χ1n) is 10.2. The minimum absolute atomic E-state index is 0.217. The van der Waals surface area contributed by atoms with Crippen molar-refractivity contribution in [1.82, 2.24) is 0 Å². The Morgan fingerprint density at radius 2 is 1.97 bits per heavy atom. The number of aliphatic hydroxyl groups is 3. The highest BCUT2D eigenvalue weighted by atomic mass is 35.5. The largest absolute Gasteiger partial charge is 0.491 e. The van der Waals surface area contributed by atoms with Gasteiger partial charge in [-0.3, -0.25) is 0 Å². The summed E-state index contributed by atoms with van der Waals surface area (Å²) in [5.41, 5.74) is 4.26. The summed E-state index contributed by atoms with van der Waals surface area (Å²) in [6, 6.07) is 9.27. The first-order valence-corrected chi connectivity index (χ1v) is 10.6. The molecule has 0 aromatic heterocycles. The average molecular weight is 437 g/mol. The number of hydrogen-bond acceptors (Lipinski definition) is 5. The molecular weight excluding hydrogens is 411 g/mol. The summed E-state index contributed by atoms with van der Waals surface area (Å²) < 4.78 is 25.2. The quantitative estimate of drug-likeness (QED) is 0.669. The molecule has 7 heteroatoms. The Kier molecular flexibility index (Phi) is 6.32. The summed E-state index contributed by atoms with van der Waals surface area (Å²) in [7, 11) is 0. The first-order chi connectivity index (χ1) is 14.4. The molecule has 0 aliphatic carbocycles. The van der Waals surface area contributed by atoms with Crippen LogP contribution in [0.25, 0.3) is 0 Å². The van der Waals surface area contributed by atoms with Crippen molar-refractivity contribution in [3.05, 3.63) is 63.2 Å². The van der Waals surface area contributed by atoms with Gasteiger partial charge in [0.05, 0.1) is 30.4 Å². The van der Waals surface area contributed by atoms with E-state index in [4.69, 9.17) is 21.1 Å². The average Bonchev–Trinajstić information content (AvgIpc) is 3.23. The molecule has 30 heavy (non-hydrogen) atoms. The Labute approximate surface area is 180 Å². The first kappa shape index (κ1) is 21.5. The zero-order valence-corrected chi connectivity index (χ0v) is 17.5. The van der Waals surface area contributed by atoms with Crippen molar-refractivity contribution in [2.75, 3.05) is 13.2 Å². The molecule has 0 saturated carbocycles. The molecule has 0 spiro atoms. The summed E-state index contributed by atoms with van der Waals surface area (Å²) in [6.07, 6.45) is -3.05. The highest BCUT2D eigenvalue weighted by Crippen LogP contribution is 2.44. The predicted molar refractivity (Wildman–Crippen MR) is 111 cm³/mol. The van der Waals surface area contributed by atoms with Crippen LogP contribution in [0, 0.1) is 0 Å². The van der Waals surface area contributed by atoms with Crippen molar-refractivity contribution in [3.63, 3.8) is 0 Å². The second kappa shape index (κ2) is 8.81. The van der Waals surface area contributed by atoms with E-state index in [1.165, 1.54) is 6.92 Å². The van der Waals surface area contributed by atoms with Crippen LogP contribution in [-0.2, 0) is 17.6 Å². The molecule has 2 aromatic rings. The number of rotatable bonds is 5. The Bertz CT molecular complexity index is 901. The lowest BCUT2D eigenvalue weighted by atomic mass is 9.88. The molecule has 2 heterocycles. The molecule has 2 aromatic carbocycles. The summed E-state index contributed by atoms with van der Waals surface area (Å²) >= 11 is 6.65. The maximum Gasteiger partial charge on any atom is 0.141 e. The SMILES string of the molecule is CC(F)c1ccc(Cc2cc(C3CC(O)[C@H](O)C(CO)O3)c3c(c2Cl)OCC3)cc1. The summed E-state index contributed by atoms with van der Waals surface area (Å²) in [5, 5.41) is 30.4. The molecule has 3 N–H and O–H groups in total. The van der Waals surface area contributed by atoms with Crippen LogP contribution in [0.1, 0.15) is 53.4 Å². The molecule has 2 aliphatic heterocycles. The minimum atomic E-state index is -1.13. The third kappa shape index (κ3) is 4.07. The molecule has 1 fully saturated rings. The summed E-state index contributed by atoms with van der Waals surface area (Å²) in [6.45, 7) is 1.63. The van der Waals surface area contributed by atoms with E-state index in [0.29, 0.717) is 35.8 Å². The molecule has 2 aliphatic rings. The lowest BCUT2D eigenvalue weighted by Crippen LogP contribution is -2.47. The third-order valence-corrected chi connectivity index (χ3v) is 6.38. The van der Waals surface area contributed by atoms with E-state index < -0.39 is 30.6 Å². The molecule has 1 saturated heterocycles. The lowest BCUT2D eigenvalue weighted by Gasteiger charge is -2.37. The molecule has 5 atom stereocenters. The highest BCUT2D eigenvalue weighted by molar-refractivity contribution is 6.33. The van der Waals surface area contributed by atoms with Gasteiger partial charge in [0.15, 0.2) is 0 Å². The smallest absolute Gasteiger partial charge is 0.141 e. The second-order valence-corrected chi connectivity index (χ2v) is 8.40. The van der Waals surface area contributed by atoms with Crippen molar-refractivity contribution in [2.24, 2.45) is 0 Å². The Hall–Kier alpha value is -1.70. The van der Waals surface area contributed by atoms with Crippen LogP contribution in [0.2, 0.25) is 5.02 Å². The maximum absolute atomic E-state index is 13.5. The zero-order valence-electron chi connectivity index (χ0n) is 16.7. The number of fused-ring (bicyclic) bond motifs is 1. The minimum Gasteiger partial charge on any atom is -0.491 e. The normalized spacial score (nSPS) is 26.9. The number of aliphatic hydroxyl groups excluding tert-OH is 3. The van der Waals surface area contributed by atoms with Crippen LogP contribution < -0.4 is 4.74 Å². The topological polar surface area (TPSA) is 79.2 Å². The standard InChI is InChI=1S/C23H26ClFO5/c1-12(25)14-4-2-13(3-5-14)8-15-9-17(16-6-7-29-23(16)21(15)24)19-10-18(27)22(28)20(11-26)30-19/h2-5,9,12,18-20,22,26-28H,6-8,10-11H2,1H3/t12?,18?,19?,20?,22-/m0/s1. The fraction of sp³-hybridized carbons (Fsp3) is 0.478. The van der Waals surface area contributed by atoms with Crippen LogP contribution in [-0.4, -0.2) is 46.8 Å². The van der Waals surface area contributed by atoms with E-state index in [1.54, 1.807) is 12.1 Å².